The van der Waals surface area contributed by atoms with Gasteiger partial charge in [-0.15, -0.1) is 0 Å². The van der Waals surface area contributed by atoms with Gasteiger partial charge in [0.2, 0.25) is 0 Å². The quantitative estimate of drug-likeness (QED) is 0.692. The third-order valence-electron chi connectivity index (χ3n) is 4.83. The van der Waals surface area contributed by atoms with Crippen LogP contribution < -0.4 is 17.3 Å². The van der Waals surface area contributed by atoms with E-state index in [2.05, 4.69) is 64.0 Å². The Morgan fingerprint density at radius 1 is 0.840 bits per heavy atom. The molecule has 4 heteroatoms. The van der Waals surface area contributed by atoms with Crippen LogP contribution in [0.25, 0.3) is 5.57 Å². The van der Waals surface area contributed by atoms with Gasteiger partial charge in [-0.3, -0.25) is 0 Å². The molecule has 1 aromatic carbocycles. The zero-order valence-corrected chi connectivity index (χ0v) is 16.5. The number of nitrogens with one attached hydrogen (secondary N) is 1. The van der Waals surface area contributed by atoms with Crippen LogP contribution in [0.3, 0.4) is 0 Å². The summed E-state index contributed by atoms with van der Waals surface area (Å²) in [5.74, 6) is 0. The van der Waals surface area contributed by atoms with Gasteiger partial charge in [0.25, 0.3) is 0 Å². The number of quaternary nitrogens is 1. The number of hydrogen-bond donors (Lipinski definition) is 1. The summed E-state index contributed by atoms with van der Waals surface area (Å²) in [7, 11) is 0. The largest absolute Gasteiger partial charge is 1.00 e. The van der Waals surface area contributed by atoms with Gasteiger partial charge in [-0.1, -0.05) is 35.9 Å². The summed E-state index contributed by atoms with van der Waals surface area (Å²) in [6.45, 7) is 3.63. The lowest BCUT2D eigenvalue weighted by Crippen LogP contribution is -3.11. The highest BCUT2D eigenvalue weighted by Crippen LogP contribution is 2.32. The van der Waals surface area contributed by atoms with Gasteiger partial charge in [0.05, 0.1) is 13.1 Å². The van der Waals surface area contributed by atoms with E-state index < -0.39 is 0 Å². The van der Waals surface area contributed by atoms with Crippen molar-refractivity contribution >= 4 is 28.2 Å². The van der Waals surface area contributed by atoms with E-state index in [0.717, 1.165) is 6.54 Å². The van der Waals surface area contributed by atoms with Crippen molar-refractivity contribution in [3.63, 3.8) is 0 Å². The fraction of sp³-hybridized carbons (Fsp3) is 0.238. The second-order valence-corrected chi connectivity index (χ2v) is 7.98. The van der Waals surface area contributed by atoms with Crippen LogP contribution in [0.5, 0.6) is 0 Å². The summed E-state index contributed by atoms with van der Waals surface area (Å²) in [6.07, 6.45) is 2.42. The van der Waals surface area contributed by atoms with Crippen molar-refractivity contribution < 1.29 is 17.3 Å². The monoisotopic (exact) mass is 387 g/mol. The average Bonchev–Trinajstić information content (AvgIpc) is 3.32. The highest BCUT2D eigenvalue weighted by atomic mass is 35.5. The lowest BCUT2D eigenvalue weighted by Gasteiger charge is -2.27. The van der Waals surface area contributed by atoms with Crippen LogP contribution in [0.4, 0.5) is 0 Å². The predicted molar refractivity (Wildman–Crippen MR) is 105 cm³/mol. The van der Waals surface area contributed by atoms with Gasteiger partial charge < -0.3 is 17.3 Å². The van der Waals surface area contributed by atoms with Crippen molar-refractivity contribution in [1.82, 2.24) is 0 Å². The van der Waals surface area contributed by atoms with Crippen LogP contribution in [0, 0.1) is 0 Å². The summed E-state index contributed by atoms with van der Waals surface area (Å²) in [5, 5.41) is 8.97. The lowest BCUT2D eigenvalue weighted by atomic mass is 9.91. The molecule has 3 aromatic rings. The molecule has 0 bridgehead atoms. The summed E-state index contributed by atoms with van der Waals surface area (Å²) in [6, 6.07) is 15.4. The Morgan fingerprint density at radius 2 is 1.44 bits per heavy atom. The Morgan fingerprint density at radius 3 is 1.96 bits per heavy atom. The van der Waals surface area contributed by atoms with Gasteiger partial charge in [0.15, 0.2) is 0 Å². The van der Waals surface area contributed by atoms with Crippen LogP contribution in [0.15, 0.2) is 69.6 Å². The van der Waals surface area contributed by atoms with E-state index in [1.54, 1.807) is 33.1 Å². The van der Waals surface area contributed by atoms with Crippen molar-refractivity contribution in [2.45, 2.75) is 19.4 Å². The van der Waals surface area contributed by atoms with E-state index in [-0.39, 0.29) is 12.4 Å². The Balaban J connectivity index is 0.00000182. The molecule has 0 radical (unpaired) electrons. The van der Waals surface area contributed by atoms with Crippen LogP contribution in [-0.2, 0) is 6.54 Å². The molecule has 0 saturated carbocycles. The average molecular weight is 388 g/mol. The van der Waals surface area contributed by atoms with Crippen molar-refractivity contribution in [2.24, 2.45) is 0 Å². The van der Waals surface area contributed by atoms with E-state index in [1.165, 1.54) is 48.2 Å². The zero-order valence-electron chi connectivity index (χ0n) is 14.1. The minimum absolute atomic E-state index is 0. The molecule has 2 aromatic heterocycles. The van der Waals surface area contributed by atoms with Crippen LogP contribution in [0.2, 0.25) is 0 Å². The highest BCUT2D eigenvalue weighted by Gasteiger charge is 2.21. The summed E-state index contributed by atoms with van der Waals surface area (Å²) < 4.78 is 0. The van der Waals surface area contributed by atoms with Gasteiger partial charge in [-0.2, -0.15) is 22.7 Å². The molecule has 0 unspecified atom stereocenters. The Hall–Kier alpha value is -1.39. The van der Waals surface area contributed by atoms with Crippen molar-refractivity contribution in [1.29, 1.82) is 0 Å². The maximum atomic E-state index is 2.29. The number of rotatable bonds is 4. The predicted octanol–water partition coefficient (Wildman–Crippen LogP) is 1.49. The zero-order chi connectivity index (χ0) is 16.2. The molecule has 1 nitrogen and oxygen atoms in total. The summed E-state index contributed by atoms with van der Waals surface area (Å²) >= 11 is 3.59. The molecule has 130 valence electrons. The Labute approximate surface area is 164 Å². The fourth-order valence-corrected chi connectivity index (χ4v) is 4.90. The van der Waals surface area contributed by atoms with Crippen molar-refractivity contribution in [2.75, 3.05) is 13.1 Å². The molecule has 1 N–H and O–H groups in total. The van der Waals surface area contributed by atoms with Gasteiger partial charge in [0.1, 0.15) is 6.54 Å². The second kappa shape index (κ2) is 8.81. The van der Waals surface area contributed by atoms with Crippen LogP contribution >= 0.6 is 22.7 Å². The van der Waals surface area contributed by atoms with Gasteiger partial charge in [-0.05, 0) is 50.4 Å². The van der Waals surface area contributed by atoms with Crippen molar-refractivity contribution in [3.05, 3.63) is 86.2 Å². The van der Waals surface area contributed by atoms with E-state index in [0.29, 0.717) is 0 Å². The van der Waals surface area contributed by atoms with E-state index in [4.69, 9.17) is 0 Å². The molecular weight excluding hydrogens is 366 g/mol. The fourth-order valence-electron chi connectivity index (χ4n) is 3.60. The number of benzene rings is 1. The van der Waals surface area contributed by atoms with E-state index in [1.807, 2.05) is 0 Å². The normalized spacial score (nSPS) is 17.1. The first-order valence-electron chi connectivity index (χ1n) is 8.55. The Kier molecular flexibility index (Phi) is 6.49. The van der Waals surface area contributed by atoms with Gasteiger partial charge >= 0.3 is 0 Å². The Bertz CT molecular complexity index is 746. The number of hydrogen-bond acceptors (Lipinski definition) is 2. The van der Waals surface area contributed by atoms with E-state index >= 15 is 0 Å². The van der Waals surface area contributed by atoms with Crippen molar-refractivity contribution in [3.8, 4) is 0 Å². The first kappa shape index (κ1) is 18.4. The minimum Gasteiger partial charge on any atom is -1.00 e. The maximum absolute atomic E-state index is 2.29. The smallest absolute Gasteiger partial charge is 0.103 e. The standard InChI is InChI=1S/C21H21NS2.ClH/c1-2-4-17(5-3-1)14-22-10-6-18(7-11-22)21(19-8-12-23-15-19)20-9-13-24-16-20;/h1-5,8-9,12-13,15-16H,6-7,10-11,14H2;1H. The molecule has 3 heterocycles. The molecule has 1 aliphatic rings. The van der Waals surface area contributed by atoms with Gasteiger partial charge in [0, 0.05) is 18.4 Å². The first-order valence-corrected chi connectivity index (χ1v) is 10.4. The molecular formula is C21H22ClNS2. The molecule has 0 atom stereocenters. The number of piperidine rings is 1. The van der Waals surface area contributed by atoms with Gasteiger partial charge in [-0.25, -0.2) is 0 Å². The molecule has 1 saturated heterocycles. The molecule has 0 aliphatic carbocycles. The van der Waals surface area contributed by atoms with Crippen LogP contribution in [-0.4, -0.2) is 13.1 Å². The van der Waals surface area contributed by atoms with E-state index in [9.17, 15) is 0 Å². The molecule has 0 amide bonds. The molecule has 4 rings (SSSR count). The summed E-state index contributed by atoms with van der Waals surface area (Å²) in [4.78, 5) is 1.71. The second-order valence-electron chi connectivity index (χ2n) is 6.41. The summed E-state index contributed by atoms with van der Waals surface area (Å²) in [5.41, 5.74) is 7.40. The SMILES string of the molecule is [Cl-].c1ccc(C[NH+]2CCC(=C(c3ccsc3)c3ccsc3)CC2)cc1. The molecule has 0 spiro atoms. The molecule has 1 fully saturated rings. The minimum atomic E-state index is 0. The number of thiophene rings is 2. The number of halogens is 1. The molecule has 25 heavy (non-hydrogen) atoms. The number of likely N-dealkylation sites (tertiary alicyclic amines) is 1. The maximum Gasteiger partial charge on any atom is 0.103 e. The third kappa shape index (κ3) is 4.42. The highest BCUT2D eigenvalue weighted by molar-refractivity contribution is 7.08. The third-order valence-corrected chi connectivity index (χ3v) is 6.20. The van der Waals surface area contributed by atoms with Crippen LogP contribution in [0.1, 0.15) is 29.5 Å². The lowest BCUT2D eigenvalue weighted by molar-refractivity contribution is -0.916. The topological polar surface area (TPSA) is 4.44 Å². The first-order chi connectivity index (χ1) is 11.9. The molecule has 1 aliphatic heterocycles.